The van der Waals surface area contributed by atoms with Crippen LogP contribution in [0, 0.1) is 5.92 Å². The summed E-state index contributed by atoms with van der Waals surface area (Å²) in [7, 11) is 1.54. The van der Waals surface area contributed by atoms with Gasteiger partial charge in [-0.3, -0.25) is 9.59 Å². The standard InChI is InChI=1S/C28H33NO6/c1-17(2)10-12-34-22-7-5-6-19(16-22)25-24(27(31)28(32)29(25)11-13-33-4)26(30)20-8-9-23-21(15-20)14-18(3)35-23/h5-9,15-18,25,30H,10-14H2,1-4H3/b26-24-. The highest BCUT2D eigenvalue weighted by Crippen LogP contribution is 2.41. The molecular weight excluding hydrogens is 446 g/mol. The fourth-order valence-electron chi connectivity index (χ4n) is 4.56. The van der Waals surface area contributed by atoms with Gasteiger partial charge in [0.15, 0.2) is 0 Å². The molecule has 186 valence electrons. The average molecular weight is 480 g/mol. The van der Waals surface area contributed by atoms with Crippen molar-refractivity contribution >= 4 is 17.4 Å². The van der Waals surface area contributed by atoms with Gasteiger partial charge < -0.3 is 24.2 Å². The van der Waals surface area contributed by atoms with Crippen LogP contribution in [0.3, 0.4) is 0 Å². The molecule has 7 heteroatoms. The molecule has 1 fully saturated rings. The number of nitrogens with zero attached hydrogens (tertiary/aromatic N) is 1. The monoisotopic (exact) mass is 479 g/mol. The van der Waals surface area contributed by atoms with Gasteiger partial charge in [-0.1, -0.05) is 26.0 Å². The van der Waals surface area contributed by atoms with E-state index < -0.39 is 17.7 Å². The van der Waals surface area contributed by atoms with Crippen LogP contribution in [0.5, 0.6) is 11.5 Å². The molecule has 2 aromatic carbocycles. The fraction of sp³-hybridized carbons (Fsp3) is 0.429. The molecule has 0 aliphatic carbocycles. The molecule has 1 amide bonds. The molecule has 2 unspecified atom stereocenters. The van der Waals surface area contributed by atoms with Gasteiger partial charge in [-0.15, -0.1) is 0 Å². The third-order valence-corrected chi connectivity index (χ3v) is 6.38. The maximum Gasteiger partial charge on any atom is 0.295 e. The highest BCUT2D eigenvalue weighted by atomic mass is 16.5. The van der Waals surface area contributed by atoms with E-state index in [-0.39, 0.29) is 30.6 Å². The Labute approximate surface area is 206 Å². The van der Waals surface area contributed by atoms with Crippen molar-refractivity contribution in [3.8, 4) is 11.5 Å². The minimum Gasteiger partial charge on any atom is -0.507 e. The molecule has 35 heavy (non-hydrogen) atoms. The lowest BCUT2D eigenvalue weighted by atomic mass is 9.94. The van der Waals surface area contributed by atoms with Crippen molar-refractivity contribution < 1.29 is 28.9 Å². The SMILES string of the molecule is COCCN1C(=O)C(=O)/C(=C(\O)c2ccc3c(c2)CC(C)O3)C1c1cccc(OCCC(C)C)c1. The number of carbonyl (C=O) groups is 2. The van der Waals surface area contributed by atoms with Crippen molar-refractivity contribution in [2.24, 2.45) is 5.92 Å². The predicted octanol–water partition coefficient (Wildman–Crippen LogP) is 4.50. The number of ether oxygens (including phenoxy) is 3. The highest BCUT2D eigenvalue weighted by Gasteiger charge is 2.46. The van der Waals surface area contributed by atoms with Gasteiger partial charge in [0.2, 0.25) is 0 Å². The van der Waals surface area contributed by atoms with Crippen LogP contribution in [0.25, 0.3) is 5.76 Å². The number of hydrogen-bond acceptors (Lipinski definition) is 6. The maximum absolute atomic E-state index is 13.2. The first-order valence-electron chi connectivity index (χ1n) is 12.1. The van der Waals surface area contributed by atoms with Gasteiger partial charge in [-0.2, -0.15) is 0 Å². The number of rotatable bonds is 9. The largest absolute Gasteiger partial charge is 0.507 e. The second kappa shape index (κ2) is 10.5. The molecule has 7 nitrogen and oxygen atoms in total. The summed E-state index contributed by atoms with van der Waals surface area (Å²) < 4.78 is 16.9. The van der Waals surface area contributed by atoms with E-state index in [1.54, 1.807) is 19.2 Å². The van der Waals surface area contributed by atoms with Gasteiger partial charge >= 0.3 is 0 Å². The molecule has 2 aromatic rings. The van der Waals surface area contributed by atoms with Crippen LogP contribution >= 0.6 is 0 Å². The van der Waals surface area contributed by atoms with E-state index in [4.69, 9.17) is 14.2 Å². The topological polar surface area (TPSA) is 85.3 Å². The van der Waals surface area contributed by atoms with Gasteiger partial charge in [0, 0.05) is 25.6 Å². The summed E-state index contributed by atoms with van der Waals surface area (Å²) >= 11 is 0. The van der Waals surface area contributed by atoms with E-state index in [0.29, 0.717) is 29.4 Å². The van der Waals surface area contributed by atoms with Gasteiger partial charge in [-0.25, -0.2) is 0 Å². The van der Waals surface area contributed by atoms with Gasteiger partial charge in [0.1, 0.15) is 23.4 Å². The molecule has 1 N–H and O–H groups in total. The number of ketones is 1. The van der Waals surface area contributed by atoms with E-state index in [1.165, 1.54) is 4.90 Å². The van der Waals surface area contributed by atoms with Crippen molar-refractivity contribution in [2.75, 3.05) is 26.9 Å². The smallest absolute Gasteiger partial charge is 0.295 e. The minimum atomic E-state index is -0.748. The number of hydrogen-bond donors (Lipinski definition) is 1. The van der Waals surface area contributed by atoms with Crippen LogP contribution in [-0.4, -0.2) is 54.7 Å². The third kappa shape index (κ3) is 5.20. The van der Waals surface area contributed by atoms with Crippen LogP contribution in [0.1, 0.15) is 49.9 Å². The van der Waals surface area contributed by atoms with Crippen LogP contribution < -0.4 is 9.47 Å². The summed E-state index contributed by atoms with van der Waals surface area (Å²) in [5.74, 6) is 0.390. The number of amides is 1. The Bertz CT molecular complexity index is 1140. The lowest BCUT2D eigenvalue weighted by Gasteiger charge is -2.25. The van der Waals surface area contributed by atoms with Gasteiger partial charge in [0.25, 0.3) is 11.7 Å². The van der Waals surface area contributed by atoms with Crippen molar-refractivity contribution in [1.82, 2.24) is 4.90 Å². The number of aliphatic hydroxyl groups is 1. The Balaban J connectivity index is 1.75. The molecule has 0 radical (unpaired) electrons. The maximum atomic E-state index is 13.2. The Kier molecular flexibility index (Phi) is 7.45. The van der Waals surface area contributed by atoms with Crippen LogP contribution in [0.2, 0.25) is 0 Å². The van der Waals surface area contributed by atoms with Gasteiger partial charge in [-0.05, 0) is 60.7 Å². The number of methoxy groups -OCH3 is 1. The van der Waals surface area contributed by atoms with Gasteiger partial charge in [0.05, 0.1) is 24.8 Å². The number of aliphatic hydroxyl groups excluding tert-OH is 1. The van der Waals surface area contributed by atoms with E-state index in [2.05, 4.69) is 13.8 Å². The molecule has 0 bridgehead atoms. The lowest BCUT2D eigenvalue weighted by Crippen LogP contribution is -2.32. The van der Waals surface area contributed by atoms with Crippen molar-refractivity contribution in [1.29, 1.82) is 0 Å². The predicted molar refractivity (Wildman–Crippen MR) is 133 cm³/mol. The number of benzene rings is 2. The zero-order valence-electron chi connectivity index (χ0n) is 20.7. The molecule has 0 saturated carbocycles. The van der Waals surface area contributed by atoms with Crippen molar-refractivity contribution in [2.45, 2.75) is 45.8 Å². The number of carbonyl (C=O) groups excluding carboxylic acids is 2. The first-order chi connectivity index (χ1) is 16.8. The van der Waals surface area contributed by atoms with Crippen LogP contribution in [0.4, 0.5) is 0 Å². The minimum absolute atomic E-state index is 0.0560. The molecule has 0 aromatic heterocycles. The summed E-state index contributed by atoms with van der Waals surface area (Å²) in [6.07, 6.45) is 1.69. The quantitative estimate of drug-likeness (QED) is 0.324. The number of likely N-dealkylation sites (tertiary alicyclic amines) is 1. The fourth-order valence-corrected chi connectivity index (χ4v) is 4.56. The summed E-state index contributed by atoms with van der Waals surface area (Å²) in [6.45, 7) is 7.31. The second-order valence-electron chi connectivity index (χ2n) is 9.54. The molecule has 1 saturated heterocycles. The summed E-state index contributed by atoms with van der Waals surface area (Å²) in [5, 5.41) is 11.3. The molecule has 4 rings (SSSR count). The molecule has 2 atom stereocenters. The Hall–Kier alpha value is -3.32. The number of Topliss-reactive ketones (excluding diaryl/α,β-unsaturated/α-hetero) is 1. The van der Waals surface area contributed by atoms with E-state index in [9.17, 15) is 14.7 Å². The average Bonchev–Trinajstić information content (AvgIpc) is 3.32. The molecular formula is C28H33NO6. The number of fused-ring (bicyclic) bond motifs is 1. The second-order valence-corrected chi connectivity index (χ2v) is 9.54. The van der Waals surface area contributed by atoms with Crippen molar-refractivity contribution in [3.05, 3.63) is 64.7 Å². The van der Waals surface area contributed by atoms with Crippen LogP contribution in [-0.2, 0) is 20.7 Å². The summed E-state index contributed by atoms with van der Waals surface area (Å²) in [4.78, 5) is 27.7. The summed E-state index contributed by atoms with van der Waals surface area (Å²) in [6, 6.07) is 12.0. The van der Waals surface area contributed by atoms with E-state index >= 15 is 0 Å². The third-order valence-electron chi connectivity index (χ3n) is 6.38. The Morgan fingerprint density at radius 3 is 2.71 bits per heavy atom. The molecule has 2 aliphatic rings. The Morgan fingerprint density at radius 2 is 1.97 bits per heavy atom. The molecule has 0 spiro atoms. The lowest BCUT2D eigenvalue weighted by molar-refractivity contribution is -0.140. The van der Waals surface area contributed by atoms with E-state index in [0.717, 1.165) is 24.2 Å². The highest BCUT2D eigenvalue weighted by molar-refractivity contribution is 6.46. The zero-order chi connectivity index (χ0) is 25.1. The van der Waals surface area contributed by atoms with E-state index in [1.807, 2.05) is 37.3 Å². The molecule has 2 heterocycles. The summed E-state index contributed by atoms with van der Waals surface area (Å²) in [5.41, 5.74) is 2.21. The van der Waals surface area contributed by atoms with Crippen molar-refractivity contribution in [3.63, 3.8) is 0 Å². The first kappa shape index (κ1) is 24.8. The zero-order valence-corrected chi connectivity index (χ0v) is 20.7. The van der Waals surface area contributed by atoms with Crippen LogP contribution in [0.15, 0.2) is 48.0 Å². The Morgan fingerprint density at radius 1 is 1.17 bits per heavy atom. The normalized spacial score (nSPS) is 20.9. The first-order valence-corrected chi connectivity index (χ1v) is 12.1. The molecule has 2 aliphatic heterocycles.